The summed E-state index contributed by atoms with van der Waals surface area (Å²) in [5, 5.41) is 6.67. The maximum absolute atomic E-state index is 11.7. The summed E-state index contributed by atoms with van der Waals surface area (Å²) in [6, 6.07) is 0.203. The van der Waals surface area contributed by atoms with Crippen molar-refractivity contribution in [3.63, 3.8) is 0 Å². The van der Waals surface area contributed by atoms with Gasteiger partial charge in [-0.1, -0.05) is 25.7 Å². The molecular weight excluding hydrogens is 274 g/mol. The van der Waals surface area contributed by atoms with E-state index in [0.717, 1.165) is 25.7 Å². The summed E-state index contributed by atoms with van der Waals surface area (Å²) in [7, 11) is 0. The average Bonchev–Trinajstić information content (AvgIpc) is 2.70. The lowest BCUT2D eigenvalue weighted by molar-refractivity contribution is -0.149. The molecule has 1 amide bonds. The van der Waals surface area contributed by atoms with E-state index in [1.54, 1.807) is 0 Å². The molecule has 1 saturated carbocycles. The molecule has 0 spiro atoms. The molecule has 0 radical (unpaired) electrons. The molecule has 3 N–H and O–H groups in total. The third-order valence-electron chi connectivity index (χ3n) is 3.43. The van der Waals surface area contributed by atoms with E-state index in [1.807, 2.05) is 0 Å². The monoisotopic (exact) mass is 295 g/mol. The van der Waals surface area contributed by atoms with Crippen LogP contribution >= 0.6 is 0 Å². The number of nitrogens with one attached hydrogen (secondary N) is 1. The van der Waals surface area contributed by atoms with Crippen LogP contribution in [0, 0.1) is 0 Å². The fourth-order valence-corrected chi connectivity index (χ4v) is 2.40. The molecule has 2 rings (SSSR count). The summed E-state index contributed by atoms with van der Waals surface area (Å²) in [5.74, 6) is -0.710. The van der Waals surface area contributed by atoms with Crippen molar-refractivity contribution in [3.8, 4) is 0 Å². The van der Waals surface area contributed by atoms with E-state index in [1.165, 1.54) is 23.9 Å². The van der Waals surface area contributed by atoms with Crippen molar-refractivity contribution < 1.29 is 14.3 Å². The second kappa shape index (κ2) is 7.61. The fraction of sp³-hybridized carbons (Fsp3) is 0.692. The summed E-state index contributed by atoms with van der Waals surface area (Å²) in [5.41, 5.74) is 5.33. The van der Waals surface area contributed by atoms with Gasteiger partial charge < -0.3 is 15.8 Å². The standard InChI is InChI=1S/C13H21N5O3/c14-13-15-9-18(17-13)7-12(20)21-8-11(19)16-10-5-3-1-2-4-6-10/h9-10H,1-8H2,(H2,14,17)(H,16,19). The maximum atomic E-state index is 11.7. The number of carbonyl (C=O) groups is 2. The minimum absolute atomic E-state index is 0.0916. The molecule has 21 heavy (non-hydrogen) atoms. The van der Waals surface area contributed by atoms with Crippen molar-refractivity contribution in [2.45, 2.75) is 51.1 Å². The van der Waals surface area contributed by atoms with Crippen LogP contribution in [0.2, 0.25) is 0 Å². The van der Waals surface area contributed by atoms with E-state index in [0.29, 0.717) is 0 Å². The van der Waals surface area contributed by atoms with Gasteiger partial charge in [-0.3, -0.25) is 9.59 Å². The molecule has 0 atom stereocenters. The number of hydrogen-bond donors (Lipinski definition) is 2. The van der Waals surface area contributed by atoms with Gasteiger partial charge in [-0.2, -0.15) is 0 Å². The molecule has 0 aliphatic heterocycles. The van der Waals surface area contributed by atoms with Crippen LogP contribution in [0.5, 0.6) is 0 Å². The number of amides is 1. The van der Waals surface area contributed by atoms with Gasteiger partial charge in [-0.25, -0.2) is 9.67 Å². The van der Waals surface area contributed by atoms with Crippen LogP contribution in [0.25, 0.3) is 0 Å². The molecular formula is C13H21N5O3. The SMILES string of the molecule is Nc1ncn(CC(=O)OCC(=O)NC2CCCCCC2)n1. The molecule has 1 fully saturated rings. The lowest BCUT2D eigenvalue weighted by Crippen LogP contribution is -2.37. The first-order valence-corrected chi connectivity index (χ1v) is 7.23. The molecule has 1 heterocycles. The highest BCUT2D eigenvalue weighted by Crippen LogP contribution is 2.16. The number of aromatic nitrogens is 3. The number of esters is 1. The van der Waals surface area contributed by atoms with Crippen LogP contribution in [0.4, 0.5) is 5.95 Å². The Labute approximate surface area is 123 Å². The lowest BCUT2D eigenvalue weighted by atomic mass is 10.1. The number of rotatable bonds is 5. The zero-order valence-electron chi connectivity index (χ0n) is 12.0. The highest BCUT2D eigenvalue weighted by Gasteiger charge is 2.16. The smallest absolute Gasteiger partial charge is 0.328 e. The third-order valence-corrected chi connectivity index (χ3v) is 3.43. The van der Waals surface area contributed by atoms with Crippen LogP contribution in [0.15, 0.2) is 6.33 Å². The Balaban J connectivity index is 1.66. The first-order chi connectivity index (χ1) is 10.1. The van der Waals surface area contributed by atoms with Gasteiger partial charge in [0.1, 0.15) is 12.9 Å². The number of nitrogen functional groups attached to an aromatic ring is 1. The molecule has 1 aromatic rings. The first kappa shape index (κ1) is 15.3. The first-order valence-electron chi connectivity index (χ1n) is 7.23. The highest BCUT2D eigenvalue weighted by molar-refractivity contribution is 5.80. The molecule has 0 unspecified atom stereocenters. The van der Waals surface area contributed by atoms with E-state index in [4.69, 9.17) is 10.5 Å². The maximum Gasteiger partial charge on any atom is 0.328 e. The molecule has 0 bridgehead atoms. The second-order valence-electron chi connectivity index (χ2n) is 5.22. The molecule has 1 aliphatic rings. The number of nitrogens with zero attached hydrogens (tertiary/aromatic N) is 3. The summed E-state index contributed by atoms with van der Waals surface area (Å²) in [6.07, 6.45) is 8.06. The second-order valence-corrected chi connectivity index (χ2v) is 5.22. The predicted molar refractivity (Wildman–Crippen MR) is 75.0 cm³/mol. The van der Waals surface area contributed by atoms with E-state index in [9.17, 15) is 9.59 Å². The Morgan fingerprint density at radius 1 is 1.33 bits per heavy atom. The van der Waals surface area contributed by atoms with E-state index in [2.05, 4.69) is 15.4 Å². The highest BCUT2D eigenvalue weighted by atomic mass is 16.5. The summed E-state index contributed by atoms with van der Waals surface area (Å²) >= 11 is 0. The quantitative estimate of drug-likeness (QED) is 0.594. The molecule has 1 aliphatic carbocycles. The van der Waals surface area contributed by atoms with E-state index >= 15 is 0 Å². The number of anilines is 1. The van der Waals surface area contributed by atoms with Crippen molar-refractivity contribution in [1.82, 2.24) is 20.1 Å². The van der Waals surface area contributed by atoms with Crippen LogP contribution in [-0.2, 0) is 20.9 Å². The van der Waals surface area contributed by atoms with Crippen LogP contribution in [0.3, 0.4) is 0 Å². The van der Waals surface area contributed by atoms with Gasteiger partial charge >= 0.3 is 5.97 Å². The van der Waals surface area contributed by atoms with Crippen molar-refractivity contribution in [2.24, 2.45) is 0 Å². The van der Waals surface area contributed by atoms with E-state index < -0.39 is 5.97 Å². The van der Waals surface area contributed by atoms with Crippen LogP contribution in [-0.4, -0.2) is 39.3 Å². The van der Waals surface area contributed by atoms with Gasteiger partial charge in [0, 0.05) is 6.04 Å². The topological polar surface area (TPSA) is 112 Å². The van der Waals surface area contributed by atoms with Crippen molar-refractivity contribution in [1.29, 1.82) is 0 Å². The van der Waals surface area contributed by atoms with Gasteiger partial charge in [-0.05, 0) is 12.8 Å². The predicted octanol–water partition coefficient (Wildman–Crippen LogP) is 0.242. The lowest BCUT2D eigenvalue weighted by Gasteiger charge is -2.16. The average molecular weight is 295 g/mol. The van der Waals surface area contributed by atoms with Crippen LogP contribution in [0.1, 0.15) is 38.5 Å². The number of ether oxygens (including phenoxy) is 1. The molecule has 8 heteroatoms. The van der Waals surface area contributed by atoms with Crippen molar-refractivity contribution >= 4 is 17.8 Å². The Kier molecular flexibility index (Phi) is 5.53. The largest absolute Gasteiger partial charge is 0.454 e. The van der Waals surface area contributed by atoms with Gasteiger partial charge in [0.05, 0.1) is 0 Å². The Morgan fingerprint density at radius 2 is 2.05 bits per heavy atom. The minimum atomic E-state index is -0.545. The van der Waals surface area contributed by atoms with E-state index in [-0.39, 0.29) is 31.0 Å². The summed E-state index contributed by atoms with van der Waals surface area (Å²) in [4.78, 5) is 27.0. The zero-order chi connectivity index (χ0) is 15.1. The molecule has 0 saturated heterocycles. The van der Waals surface area contributed by atoms with Gasteiger partial charge in [0.25, 0.3) is 5.91 Å². The van der Waals surface area contributed by atoms with Gasteiger partial charge in [0.15, 0.2) is 6.61 Å². The summed E-state index contributed by atoms with van der Waals surface area (Å²) in [6.45, 7) is -0.375. The van der Waals surface area contributed by atoms with Crippen molar-refractivity contribution in [3.05, 3.63) is 6.33 Å². The van der Waals surface area contributed by atoms with Crippen LogP contribution < -0.4 is 11.1 Å². The Morgan fingerprint density at radius 3 is 2.67 bits per heavy atom. The number of hydrogen-bond acceptors (Lipinski definition) is 6. The van der Waals surface area contributed by atoms with Gasteiger partial charge in [0.2, 0.25) is 5.95 Å². The normalized spacial score (nSPS) is 16.2. The molecule has 116 valence electrons. The molecule has 0 aromatic carbocycles. The zero-order valence-corrected chi connectivity index (χ0v) is 12.0. The number of nitrogens with two attached hydrogens (primary N) is 1. The molecule has 8 nitrogen and oxygen atoms in total. The van der Waals surface area contributed by atoms with Gasteiger partial charge in [-0.15, -0.1) is 5.10 Å². The summed E-state index contributed by atoms with van der Waals surface area (Å²) < 4.78 is 6.17. The Hall–Kier alpha value is -2.12. The molecule has 1 aromatic heterocycles. The third kappa shape index (κ3) is 5.41. The Bertz CT molecular complexity index is 480. The minimum Gasteiger partial charge on any atom is -0.454 e. The van der Waals surface area contributed by atoms with Crippen molar-refractivity contribution in [2.75, 3.05) is 12.3 Å². The fourth-order valence-electron chi connectivity index (χ4n) is 2.40. The number of carbonyl (C=O) groups excluding carboxylic acids is 2.